The van der Waals surface area contributed by atoms with Gasteiger partial charge in [0.15, 0.2) is 9.84 Å². The van der Waals surface area contributed by atoms with Crippen molar-refractivity contribution in [1.82, 2.24) is 10.2 Å². The van der Waals surface area contributed by atoms with Gasteiger partial charge in [0.2, 0.25) is 0 Å². The molecule has 1 aliphatic heterocycles. The number of sulfone groups is 1. The topological polar surface area (TPSA) is 66.5 Å². The first-order valence-corrected chi connectivity index (χ1v) is 8.65. The van der Waals surface area contributed by atoms with Gasteiger partial charge in [0.25, 0.3) is 0 Å². The summed E-state index contributed by atoms with van der Waals surface area (Å²) in [5, 5.41) is 2.50. The fraction of sp³-hybridized carbons (Fsp3) is 0.769. The highest BCUT2D eigenvalue weighted by Crippen LogP contribution is 2.16. The summed E-state index contributed by atoms with van der Waals surface area (Å²) in [6.07, 6.45) is 6.48. The second-order valence-electron chi connectivity index (χ2n) is 5.26. The van der Waals surface area contributed by atoms with Gasteiger partial charge in [-0.15, -0.1) is 6.58 Å². The minimum absolute atomic E-state index is 0.102. The highest BCUT2D eigenvalue weighted by atomic mass is 32.2. The maximum atomic E-state index is 12.0. The van der Waals surface area contributed by atoms with Crippen LogP contribution in [0.5, 0.6) is 0 Å². The molecule has 1 aliphatic rings. The van der Waals surface area contributed by atoms with E-state index in [9.17, 15) is 13.2 Å². The monoisotopic (exact) mass is 288 g/mol. The van der Waals surface area contributed by atoms with E-state index in [1.54, 1.807) is 4.90 Å². The first kappa shape index (κ1) is 16.0. The molecule has 0 radical (unpaired) electrons. The third-order valence-electron chi connectivity index (χ3n) is 3.45. The van der Waals surface area contributed by atoms with E-state index in [2.05, 4.69) is 11.9 Å². The van der Waals surface area contributed by atoms with Gasteiger partial charge in [0.05, 0.1) is 5.25 Å². The van der Waals surface area contributed by atoms with Gasteiger partial charge < -0.3 is 10.2 Å². The van der Waals surface area contributed by atoms with Crippen LogP contribution in [0.15, 0.2) is 12.7 Å². The molecule has 6 heteroatoms. The fourth-order valence-corrected chi connectivity index (χ4v) is 3.19. The first-order valence-electron chi connectivity index (χ1n) is 6.69. The molecule has 1 rings (SSSR count). The Morgan fingerprint density at radius 1 is 1.58 bits per heavy atom. The van der Waals surface area contributed by atoms with Gasteiger partial charge in [-0.2, -0.15) is 0 Å². The number of unbranched alkanes of at least 4 members (excludes halogenated alkanes) is 1. The van der Waals surface area contributed by atoms with Crippen LogP contribution in [0.1, 0.15) is 32.6 Å². The third-order valence-corrected chi connectivity index (χ3v) is 5.05. The number of hydrogen-bond acceptors (Lipinski definition) is 3. The average Bonchev–Trinajstić information content (AvgIpc) is 2.78. The van der Waals surface area contributed by atoms with Crippen molar-refractivity contribution in [3.8, 4) is 0 Å². The molecule has 2 atom stereocenters. The number of rotatable bonds is 6. The van der Waals surface area contributed by atoms with Gasteiger partial charge in [-0.3, -0.25) is 0 Å². The van der Waals surface area contributed by atoms with E-state index in [0.29, 0.717) is 19.5 Å². The second-order valence-corrected chi connectivity index (χ2v) is 7.58. The zero-order valence-electron chi connectivity index (χ0n) is 11.8. The summed E-state index contributed by atoms with van der Waals surface area (Å²) in [6.45, 7) is 6.45. The molecule has 19 heavy (non-hydrogen) atoms. The molecule has 0 aromatic heterocycles. The molecule has 0 aromatic carbocycles. The Hall–Kier alpha value is -1.04. The number of nitrogens with one attached hydrogen (secondary N) is 1. The van der Waals surface area contributed by atoms with Crippen molar-refractivity contribution in [1.29, 1.82) is 0 Å². The Morgan fingerprint density at radius 3 is 2.79 bits per heavy atom. The predicted molar refractivity (Wildman–Crippen MR) is 76.9 cm³/mol. The van der Waals surface area contributed by atoms with E-state index in [4.69, 9.17) is 0 Å². The molecule has 2 amide bonds. The molecular formula is C13H24N2O3S. The molecule has 1 saturated heterocycles. The Labute approximate surface area is 116 Å². The van der Waals surface area contributed by atoms with Gasteiger partial charge in [-0.05, 0) is 32.6 Å². The average molecular weight is 288 g/mol. The van der Waals surface area contributed by atoms with Crippen LogP contribution in [0.4, 0.5) is 4.79 Å². The molecule has 0 aliphatic carbocycles. The number of likely N-dealkylation sites (tertiary alicyclic amines) is 1. The normalized spacial score (nSPS) is 21.2. The molecule has 1 fully saturated rings. The summed E-state index contributed by atoms with van der Waals surface area (Å²) in [5.74, 6) is 0. The summed E-state index contributed by atoms with van der Waals surface area (Å²) in [4.78, 5) is 13.6. The van der Waals surface area contributed by atoms with Crippen LogP contribution in [0, 0.1) is 0 Å². The van der Waals surface area contributed by atoms with Gasteiger partial charge in [0, 0.05) is 25.4 Å². The summed E-state index contributed by atoms with van der Waals surface area (Å²) in [6, 6.07) is -0.0537. The highest BCUT2D eigenvalue weighted by Gasteiger charge is 2.32. The van der Waals surface area contributed by atoms with E-state index >= 15 is 0 Å². The number of carbonyl (C=O) groups excluding carboxylic acids is 1. The van der Waals surface area contributed by atoms with Crippen molar-refractivity contribution in [3.05, 3.63) is 12.7 Å². The smallest absolute Gasteiger partial charge is 0.317 e. The van der Waals surface area contributed by atoms with Gasteiger partial charge >= 0.3 is 6.03 Å². The Kier molecular flexibility index (Phi) is 5.85. The standard InChI is InChI=1S/C13H24N2O3S/c1-4-5-6-7-11(2)14-13(16)15-9-8-12(10-15)19(3,17)18/h4,11-12H,1,5-10H2,2-3H3,(H,14,16)/t11-,12+/m1/s1. The van der Waals surface area contributed by atoms with Crippen molar-refractivity contribution in [3.63, 3.8) is 0 Å². The molecule has 0 spiro atoms. The van der Waals surface area contributed by atoms with Crippen molar-refractivity contribution in [2.45, 2.75) is 43.9 Å². The van der Waals surface area contributed by atoms with Crippen LogP contribution in [-0.4, -0.2) is 50.0 Å². The van der Waals surface area contributed by atoms with Crippen molar-refractivity contribution in [2.75, 3.05) is 19.3 Å². The molecule has 0 aromatic rings. The Balaban J connectivity index is 2.37. The number of nitrogens with zero attached hydrogens (tertiary/aromatic N) is 1. The van der Waals surface area contributed by atoms with E-state index in [1.807, 2.05) is 13.0 Å². The minimum atomic E-state index is -3.05. The lowest BCUT2D eigenvalue weighted by Crippen LogP contribution is -2.43. The largest absolute Gasteiger partial charge is 0.336 e. The van der Waals surface area contributed by atoms with Crippen LogP contribution in [0.25, 0.3) is 0 Å². The van der Waals surface area contributed by atoms with Gasteiger partial charge in [-0.25, -0.2) is 13.2 Å². The van der Waals surface area contributed by atoms with Crippen LogP contribution in [0.2, 0.25) is 0 Å². The molecule has 0 bridgehead atoms. The molecule has 110 valence electrons. The van der Waals surface area contributed by atoms with Crippen molar-refractivity contribution in [2.24, 2.45) is 0 Å². The summed E-state index contributed by atoms with van der Waals surface area (Å²) < 4.78 is 22.9. The number of hydrogen-bond donors (Lipinski definition) is 1. The lowest BCUT2D eigenvalue weighted by molar-refractivity contribution is 0.204. The zero-order valence-corrected chi connectivity index (χ0v) is 12.6. The molecule has 0 saturated carbocycles. The Morgan fingerprint density at radius 2 is 2.26 bits per heavy atom. The lowest BCUT2D eigenvalue weighted by Gasteiger charge is -2.20. The summed E-state index contributed by atoms with van der Waals surface area (Å²) >= 11 is 0. The molecule has 1 heterocycles. The maximum absolute atomic E-state index is 12.0. The molecule has 5 nitrogen and oxygen atoms in total. The van der Waals surface area contributed by atoms with Crippen LogP contribution in [0.3, 0.4) is 0 Å². The van der Waals surface area contributed by atoms with E-state index < -0.39 is 15.1 Å². The molecule has 0 unspecified atom stereocenters. The lowest BCUT2D eigenvalue weighted by atomic mass is 10.1. The van der Waals surface area contributed by atoms with Crippen molar-refractivity contribution < 1.29 is 13.2 Å². The number of carbonyl (C=O) groups is 1. The minimum Gasteiger partial charge on any atom is -0.336 e. The van der Waals surface area contributed by atoms with Crippen molar-refractivity contribution >= 4 is 15.9 Å². The molecule has 1 N–H and O–H groups in total. The second kappa shape index (κ2) is 6.93. The number of allylic oxidation sites excluding steroid dienone is 1. The molecular weight excluding hydrogens is 264 g/mol. The summed E-state index contributed by atoms with van der Waals surface area (Å²) in [5.41, 5.74) is 0. The highest BCUT2D eigenvalue weighted by molar-refractivity contribution is 7.91. The number of urea groups is 1. The Bertz CT molecular complexity index is 420. The predicted octanol–water partition coefficient (Wildman–Crippen LogP) is 1.56. The van der Waals surface area contributed by atoms with E-state index in [-0.39, 0.29) is 12.1 Å². The quantitative estimate of drug-likeness (QED) is 0.596. The van der Waals surface area contributed by atoms with Crippen LogP contribution in [-0.2, 0) is 9.84 Å². The number of amides is 2. The van der Waals surface area contributed by atoms with Crippen LogP contribution >= 0.6 is 0 Å². The van der Waals surface area contributed by atoms with E-state index in [1.165, 1.54) is 6.26 Å². The van der Waals surface area contributed by atoms with E-state index in [0.717, 1.165) is 19.3 Å². The SMILES string of the molecule is C=CCCC[C@@H](C)NC(=O)N1CC[C@H](S(C)(=O)=O)C1. The fourth-order valence-electron chi connectivity index (χ4n) is 2.20. The first-order chi connectivity index (χ1) is 8.84. The van der Waals surface area contributed by atoms with Gasteiger partial charge in [0.1, 0.15) is 0 Å². The zero-order chi connectivity index (χ0) is 14.5. The third kappa shape index (κ3) is 5.22. The van der Waals surface area contributed by atoms with Gasteiger partial charge in [-0.1, -0.05) is 6.08 Å². The summed E-state index contributed by atoms with van der Waals surface area (Å²) in [7, 11) is -3.05. The maximum Gasteiger partial charge on any atom is 0.317 e. The van der Waals surface area contributed by atoms with Crippen LogP contribution < -0.4 is 5.32 Å².